The lowest BCUT2D eigenvalue weighted by Gasteiger charge is -2.13. The zero-order valence-electron chi connectivity index (χ0n) is 22.7. The summed E-state index contributed by atoms with van der Waals surface area (Å²) in [6.07, 6.45) is 12.2. The van der Waals surface area contributed by atoms with Crippen molar-refractivity contribution in [1.29, 1.82) is 0 Å². The molecule has 41 heavy (non-hydrogen) atoms. The van der Waals surface area contributed by atoms with Crippen molar-refractivity contribution < 1.29 is 19.1 Å². The van der Waals surface area contributed by atoms with Crippen LogP contribution < -0.4 is 9.47 Å². The number of benzene rings is 1. The van der Waals surface area contributed by atoms with Crippen molar-refractivity contribution >= 4 is 11.8 Å². The monoisotopic (exact) mass is 551 g/mol. The van der Waals surface area contributed by atoms with Crippen LogP contribution in [0, 0.1) is 0 Å². The number of ether oxygens (including phenoxy) is 2. The van der Waals surface area contributed by atoms with Gasteiger partial charge in [0.2, 0.25) is 11.8 Å². The van der Waals surface area contributed by atoms with Crippen molar-refractivity contribution in [2.75, 3.05) is 20.8 Å². The highest BCUT2D eigenvalue weighted by Gasteiger charge is 2.34. The van der Waals surface area contributed by atoms with Crippen LogP contribution in [0.1, 0.15) is 33.6 Å². The average molecular weight is 552 g/mol. The number of pyridine rings is 2. The number of aryl methyl sites for hydroxylation is 1. The normalized spacial score (nSPS) is 12.1. The molecular formula is C30H29N7O4. The van der Waals surface area contributed by atoms with E-state index in [1.807, 2.05) is 29.0 Å². The van der Waals surface area contributed by atoms with E-state index in [9.17, 15) is 9.59 Å². The molecule has 2 amide bonds. The molecule has 6 rings (SSSR count). The molecule has 0 saturated carbocycles. The topological polar surface area (TPSA) is 128 Å². The van der Waals surface area contributed by atoms with Gasteiger partial charge in [0.15, 0.2) is 0 Å². The Morgan fingerprint density at radius 3 is 1.95 bits per heavy atom. The van der Waals surface area contributed by atoms with E-state index in [4.69, 9.17) is 9.47 Å². The molecule has 1 aromatic carbocycles. The van der Waals surface area contributed by atoms with Crippen LogP contribution in [-0.2, 0) is 6.54 Å². The lowest BCUT2D eigenvalue weighted by Crippen LogP contribution is -2.30. The number of methoxy groups -OCH3 is 2. The van der Waals surface area contributed by atoms with Crippen LogP contribution in [0.4, 0.5) is 0 Å². The molecule has 5 aromatic rings. The first-order valence-electron chi connectivity index (χ1n) is 13.0. The van der Waals surface area contributed by atoms with Crippen LogP contribution in [0.5, 0.6) is 11.8 Å². The minimum Gasteiger partial charge on any atom is -0.481 e. The van der Waals surface area contributed by atoms with Gasteiger partial charge in [-0.25, -0.2) is 19.9 Å². The second kappa shape index (κ2) is 12.7. The van der Waals surface area contributed by atoms with Gasteiger partial charge in [0.25, 0.3) is 11.8 Å². The third-order valence-electron chi connectivity index (χ3n) is 6.56. The first-order chi connectivity index (χ1) is 20.1. The number of amides is 2. The Labute approximate surface area is 236 Å². The number of nitrogens with one attached hydrogen (secondary N) is 1. The van der Waals surface area contributed by atoms with Crippen LogP contribution in [-0.4, -0.2) is 67.0 Å². The number of unbranched alkanes of at least 4 members (excludes halogenated alkanes) is 1. The number of imide groups is 1. The number of carbonyl (C=O) groups excluding carboxylic acids is 2. The van der Waals surface area contributed by atoms with Gasteiger partial charge in [-0.1, -0.05) is 12.1 Å². The summed E-state index contributed by atoms with van der Waals surface area (Å²) in [6, 6.07) is 14.4. The highest BCUT2D eigenvalue weighted by atomic mass is 16.5. The quantitative estimate of drug-likeness (QED) is 0.209. The summed E-state index contributed by atoms with van der Waals surface area (Å²) in [4.78, 5) is 45.7. The lowest BCUT2D eigenvalue weighted by atomic mass is 10.1. The zero-order valence-corrected chi connectivity index (χ0v) is 22.7. The Bertz CT molecular complexity index is 1560. The summed E-state index contributed by atoms with van der Waals surface area (Å²) in [5, 5.41) is 0. The van der Waals surface area contributed by atoms with Crippen molar-refractivity contribution in [2.45, 2.75) is 19.4 Å². The Morgan fingerprint density at radius 2 is 1.39 bits per heavy atom. The summed E-state index contributed by atoms with van der Waals surface area (Å²) in [5.74, 6) is 0.787. The Balaban J connectivity index is 0.000000216. The first kappa shape index (κ1) is 27.3. The molecule has 4 aromatic heterocycles. The molecule has 0 radical (unpaired) electrons. The molecule has 1 aliphatic rings. The number of hydrogen-bond donors (Lipinski definition) is 1. The highest BCUT2D eigenvalue weighted by Crippen LogP contribution is 2.23. The zero-order chi connectivity index (χ0) is 28.6. The minimum atomic E-state index is -0.197. The molecule has 5 heterocycles. The summed E-state index contributed by atoms with van der Waals surface area (Å²) in [7, 11) is 3.18. The smallest absolute Gasteiger partial charge is 0.261 e. The molecule has 208 valence electrons. The Morgan fingerprint density at radius 1 is 0.756 bits per heavy atom. The SMILES string of the molecule is COc1ccc(-c2cn(CCCCN3C(=O)c4ccccc4C3=O)cn2)cn1.COc1ccc(-c2cnc[nH]2)cn1. The third kappa shape index (κ3) is 6.30. The van der Waals surface area contributed by atoms with Gasteiger partial charge in [-0.3, -0.25) is 14.5 Å². The van der Waals surface area contributed by atoms with Gasteiger partial charge in [0.05, 0.1) is 55.6 Å². The fourth-order valence-electron chi connectivity index (χ4n) is 4.36. The fourth-order valence-corrected chi connectivity index (χ4v) is 4.36. The van der Waals surface area contributed by atoms with E-state index in [0.717, 1.165) is 41.9 Å². The maximum atomic E-state index is 12.4. The van der Waals surface area contributed by atoms with E-state index >= 15 is 0 Å². The number of imidazole rings is 2. The number of aromatic amines is 1. The van der Waals surface area contributed by atoms with E-state index in [1.54, 1.807) is 75.8 Å². The summed E-state index contributed by atoms with van der Waals surface area (Å²) >= 11 is 0. The molecule has 11 heteroatoms. The second-order valence-electron chi connectivity index (χ2n) is 9.16. The molecule has 0 bridgehead atoms. The number of H-pyrrole nitrogens is 1. The second-order valence-corrected chi connectivity index (χ2v) is 9.16. The number of hydrogen-bond acceptors (Lipinski definition) is 8. The molecule has 11 nitrogen and oxygen atoms in total. The van der Waals surface area contributed by atoms with Gasteiger partial charge in [-0.15, -0.1) is 0 Å². The van der Waals surface area contributed by atoms with Crippen LogP contribution >= 0.6 is 0 Å². The number of nitrogens with zero attached hydrogens (tertiary/aromatic N) is 6. The van der Waals surface area contributed by atoms with Crippen LogP contribution in [0.3, 0.4) is 0 Å². The molecule has 0 atom stereocenters. The summed E-state index contributed by atoms with van der Waals surface area (Å²) in [5.41, 5.74) is 4.72. The van der Waals surface area contributed by atoms with Gasteiger partial charge in [0.1, 0.15) is 0 Å². The van der Waals surface area contributed by atoms with Gasteiger partial charge in [-0.05, 0) is 37.1 Å². The molecule has 0 fully saturated rings. The van der Waals surface area contributed by atoms with Crippen LogP contribution in [0.15, 0.2) is 86.0 Å². The van der Waals surface area contributed by atoms with Gasteiger partial charge >= 0.3 is 0 Å². The van der Waals surface area contributed by atoms with E-state index in [1.165, 1.54) is 4.90 Å². The number of fused-ring (bicyclic) bond motifs is 1. The van der Waals surface area contributed by atoms with E-state index in [0.29, 0.717) is 29.4 Å². The first-order valence-corrected chi connectivity index (χ1v) is 13.0. The summed E-state index contributed by atoms with van der Waals surface area (Å²) in [6.45, 7) is 1.19. The summed E-state index contributed by atoms with van der Waals surface area (Å²) < 4.78 is 12.0. The standard InChI is InChI=1S/C21H20N4O3.C9H9N3O/c1-28-19-9-8-15(12-22-19)18-13-24(14-23-18)10-4-5-11-25-20(26)16-6-2-3-7-17(16)21(25)27;1-13-9-3-2-7(4-11-9)8-5-10-6-12-8/h2-3,6-9,12-14H,4-5,10-11H2,1H3;2-6H,1H3,(H,10,12). The molecule has 0 saturated heterocycles. The predicted molar refractivity (Wildman–Crippen MR) is 151 cm³/mol. The van der Waals surface area contributed by atoms with E-state index < -0.39 is 0 Å². The Kier molecular flexibility index (Phi) is 8.43. The third-order valence-corrected chi connectivity index (χ3v) is 6.56. The molecular weight excluding hydrogens is 522 g/mol. The molecule has 0 aliphatic carbocycles. The minimum absolute atomic E-state index is 0.197. The van der Waals surface area contributed by atoms with Crippen LogP contribution in [0.25, 0.3) is 22.5 Å². The Hall–Kier alpha value is -5.32. The number of carbonyl (C=O) groups is 2. The highest BCUT2D eigenvalue weighted by molar-refractivity contribution is 6.21. The van der Waals surface area contributed by atoms with E-state index in [2.05, 4.69) is 24.9 Å². The van der Waals surface area contributed by atoms with Crippen molar-refractivity contribution in [3.63, 3.8) is 0 Å². The van der Waals surface area contributed by atoms with Crippen LogP contribution in [0.2, 0.25) is 0 Å². The molecule has 1 aliphatic heterocycles. The van der Waals surface area contributed by atoms with Crippen molar-refractivity contribution in [2.24, 2.45) is 0 Å². The maximum Gasteiger partial charge on any atom is 0.261 e. The van der Waals surface area contributed by atoms with Crippen molar-refractivity contribution in [3.8, 4) is 34.3 Å². The molecule has 1 N–H and O–H groups in total. The van der Waals surface area contributed by atoms with Gasteiger partial charge < -0.3 is 19.0 Å². The average Bonchev–Trinajstić information content (AvgIpc) is 3.78. The maximum absolute atomic E-state index is 12.4. The lowest BCUT2D eigenvalue weighted by molar-refractivity contribution is 0.0651. The largest absolute Gasteiger partial charge is 0.481 e. The van der Waals surface area contributed by atoms with E-state index in [-0.39, 0.29) is 11.8 Å². The van der Waals surface area contributed by atoms with Gasteiger partial charge in [-0.2, -0.15) is 0 Å². The van der Waals surface area contributed by atoms with Crippen molar-refractivity contribution in [1.82, 2.24) is 34.4 Å². The number of aromatic nitrogens is 6. The number of rotatable bonds is 9. The molecule has 0 unspecified atom stereocenters. The molecule has 0 spiro atoms. The fraction of sp³-hybridized carbons (Fsp3) is 0.200. The predicted octanol–water partition coefficient (Wildman–Crippen LogP) is 4.51. The van der Waals surface area contributed by atoms with Crippen molar-refractivity contribution in [3.05, 3.63) is 97.1 Å². The van der Waals surface area contributed by atoms with Gasteiger partial charge in [0, 0.05) is 54.9 Å².